The molecule has 0 amide bonds. The Hall–Kier alpha value is -2.30. The van der Waals surface area contributed by atoms with Gasteiger partial charge in [-0.25, -0.2) is 0 Å². The lowest BCUT2D eigenvalue weighted by atomic mass is 10.1. The molecule has 0 radical (unpaired) electrons. The van der Waals surface area contributed by atoms with Crippen LogP contribution in [0, 0.1) is 0 Å². The minimum Gasteiger partial charge on any atom is -0.486 e. The third-order valence-corrected chi connectivity index (χ3v) is 2.47. The second-order valence-electron chi connectivity index (χ2n) is 4.03. The van der Waals surface area contributed by atoms with E-state index in [0.717, 1.165) is 11.1 Å². The van der Waals surface area contributed by atoms with E-state index in [1.165, 1.54) is 0 Å². The van der Waals surface area contributed by atoms with Crippen LogP contribution in [0.25, 0.3) is 0 Å². The highest BCUT2D eigenvalue weighted by atomic mass is 16.5. The maximum Gasteiger partial charge on any atom is 0.307 e. The monoisotopic (exact) mass is 246 g/mol. The van der Waals surface area contributed by atoms with Gasteiger partial charge in [-0.2, -0.15) is 5.10 Å². The van der Waals surface area contributed by atoms with Crippen LogP contribution in [0.5, 0.6) is 5.75 Å². The van der Waals surface area contributed by atoms with Crippen LogP contribution >= 0.6 is 0 Å². The Morgan fingerprint density at radius 1 is 1.33 bits per heavy atom. The van der Waals surface area contributed by atoms with E-state index in [0.29, 0.717) is 12.4 Å². The molecule has 5 heteroatoms. The molecule has 5 nitrogen and oxygen atoms in total. The normalized spacial score (nSPS) is 10.3. The molecule has 0 spiro atoms. The third kappa shape index (κ3) is 3.35. The van der Waals surface area contributed by atoms with Crippen LogP contribution in [0.1, 0.15) is 11.1 Å². The summed E-state index contributed by atoms with van der Waals surface area (Å²) in [6.45, 7) is 0.443. The number of aryl methyl sites for hydroxylation is 1. The molecule has 1 aromatic carbocycles. The van der Waals surface area contributed by atoms with Crippen molar-refractivity contribution in [2.24, 2.45) is 7.05 Å². The van der Waals surface area contributed by atoms with Crippen molar-refractivity contribution in [1.29, 1.82) is 0 Å². The zero-order chi connectivity index (χ0) is 13.0. The Balaban J connectivity index is 1.92. The molecule has 0 aliphatic carbocycles. The van der Waals surface area contributed by atoms with Crippen molar-refractivity contribution in [2.75, 3.05) is 0 Å². The molecule has 1 N–H and O–H groups in total. The molecular formula is C13H14N2O3. The van der Waals surface area contributed by atoms with Crippen LogP contribution in [0.3, 0.4) is 0 Å². The maximum absolute atomic E-state index is 10.5. The number of carboxylic acid groups (broad SMARTS) is 1. The van der Waals surface area contributed by atoms with Crippen molar-refractivity contribution in [3.63, 3.8) is 0 Å². The fourth-order valence-corrected chi connectivity index (χ4v) is 1.57. The smallest absolute Gasteiger partial charge is 0.307 e. The fourth-order valence-electron chi connectivity index (χ4n) is 1.57. The summed E-state index contributed by atoms with van der Waals surface area (Å²) in [7, 11) is 1.83. The van der Waals surface area contributed by atoms with Gasteiger partial charge in [-0.15, -0.1) is 0 Å². The van der Waals surface area contributed by atoms with Crippen molar-refractivity contribution < 1.29 is 14.6 Å². The van der Waals surface area contributed by atoms with Gasteiger partial charge >= 0.3 is 5.97 Å². The number of carboxylic acids is 1. The van der Waals surface area contributed by atoms with E-state index in [4.69, 9.17) is 9.84 Å². The van der Waals surface area contributed by atoms with Crippen molar-refractivity contribution in [3.05, 3.63) is 47.8 Å². The van der Waals surface area contributed by atoms with Crippen LogP contribution in [0.15, 0.2) is 36.7 Å². The Morgan fingerprint density at radius 3 is 2.56 bits per heavy atom. The van der Waals surface area contributed by atoms with E-state index >= 15 is 0 Å². The summed E-state index contributed by atoms with van der Waals surface area (Å²) < 4.78 is 7.21. The summed E-state index contributed by atoms with van der Waals surface area (Å²) in [5.74, 6) is -0.110. The van der Waals surface area contributed by atoms with Gasteiger partial charge < -0.3 is 9.84 Å². The number of hydrogen-bond donors (Lipinski definition) is 1. The predicted molar refractivity (Wildman–Crippen MR) is 65.3 cm³/mol. The highest BCUT2D eigenvalue weighted by molar-refractivity contribution is 5.70. The van der Waals surface area contributed by atoms with Crippen LogP contribution in [0.4, 0.5) is 0 Å². The Bertz CT molecular complexity index is 531. The lowest BCUT2D eigenvalue weighted by Gasteiger charge is -2.04. The molecule has 1 aromatic heterocycles. The first-order valence-electron chi connectivity index (χ1n) is 5.54. The van der Waals surface area contributed by atoms with Gasteiger partial charge in [0.1, 0.15) is 6.61 Å². The first-order chi connectivity index (χ1) is 8.63. The number of benzene rings is 1. The summed E-state index contributed by atoms with van der Waals surface area (Å²) in [6.07, 6.45) is 3.49. The van der Waals surface area contributed by atoms with Gasteiger partial charge in [-0.3, -0.25) is 9.48 Å². The average molecular weight is 246 g/mol. The summed E-state index contributed by atoms with van der Waals surface area (Å²) in [5, 5.41) is 12.7. The largest absolute Gasteiger partial charge is 0.486 e. The molecule has 0 saturated carbocycles. The molecule has 0 bridgehead atoms. The second-order valence-corrected chi connectivity index (χ2v) is 4.03. The maximum atomic E-state index is 10.5. The zero-order valence-corrected chi connectivity index (χ0v) is 10.0. The van der Waals surface area contributed by atoms with Crippen LogP contribution in [-0.2, 0) is 24.9 Å². The Kier molecular flexibility index (Phi) is 3.62. The number of hydrogen-bond acceptors (Lipinski definition) is 3. The molecular weight excluding hydrogens is 232 g/mol. The van der Waals surface area contributed by atoms with E-state index < -0.39 is 5.97 Å². The molecule has 0 aliphatic rings. The van der Waals surface area contributed by atoms with Crippen LogP contribution < -0.4 is 4.74 Å². The molecule has 2 rings (SSSR count). The molecule has 2 aromatic rings. The molecule has 0 saturated heterocycles. The summed E-state index contributed by atoms with van der Waals surface area (Å²) in [5.41, 5.74) is 1.78. The minimum absolute atomic E-state index is 0.0454. The summed E-state index contributed by atoms with van der Waals surface area (Å²) in [6, 6.07) is 7.34. The Morgan fingerprint density at radius 2 is 2.00 bits per heavy atom. The van der Waals surface area contributed by atoms with Crippen LogP contribution in [-0.4, -0.2) is 20.9 Å². The average Bonchev–Trinajstić information content (AvgIpc) is 2.74. The zero-order valence-electron chi connectivity index (χ0n) is 10.0. The van der Waals surface area contributed by atoms with Gasteiger partial charge in [0, 0.05) is 7.05 Å². The second kappa shape index (κ2) is 5.35. The van der Waals surface area contributed by atoms with Gasteiger partial charge in [0.15, 0.2) is 5.75 Å². The molecule has 0 atom stereocenters. The van der Waals surface area contributed by atoms with Gasteiger partial charge in [-0.05, 0) is 11.1 Å². The predicted octanol–water partition coefficient (Wildman–Crippen LogP) is 1.63. The number of rotatable bonds is 5. The van der Waals surface area contributed by atoms with Crippen molar-refractivity contribution >= 4 is 5.97 Å². The minimum atomic E-state index is -0.825. The van der Waals surface area contributed by atoms with Gasteiger partial charge in [0.2, 0.25) is 0 Å². The number of aromatic nitrogens is 2. The van der Waals surface area contributed by atoms with Crippen molar-refractivity contribution in [1.82, 2.24) is 9.78 Å². The highest BCUT2D eigenvalue weighted by Gasteiger charge is 2.01. The molecule has 18 heavy (non-hydrogen) atoms. The van der Waals surface area contributed by atoms with Crippen molar-refractivity contribution in [2.45, 2.75) is 13.0 Å². The quantitative estimate of drug-likeness (QED) is 0.870. The third-order valence-electron chi connectivity index (χ3n) is 2.47. The summed E-state index contributed by atoms with van der Waals surface area (Å²) >= 11 is 0. The molecule has 1 heterocycles. The number of carbonyl (C=O) groups is 1. The highest BCUT2D eigenvalue weighted by Crippen LogP contribution is 2.11. The van der Waals surface area contributed by atoms with Crippen molar-refractivity contribution in [3.8, 4) is 5.75 Å². The van der Waals surface area contributed by atoms with Crippen LogP contribution in [0.2, 0.25) is 0 Å². The van der Waals surface area contributed by atoms with E-state index in [9.17, 15) is 4.79 Å². The Labute approximate surface area is 105 Å². The first-order valence-corrected chi connectivity index (χ1v) is 5.54. The topological polar surface area (TPSA) is 64.3 Å². The SMILES string of the molecule is Cn1cc(OCc2ccc(CC(=O)O)cc2)cn1. The van der Waals surface area contributed by atoms with E-state index in [-0.39, 0.29) is 6.42 Å². The van der Waals surface area contributed by atoms with Gasteiger partial charge in [0.05, 0.1) is 18.8 Å². The number of aliphatic carboxylic acids is 1. The van der Waals surface area contributed by atoms with E-state index in [2.05, 4.69) is 5.10 Å². The standard InChI is InChI=1S/C13H14N2O3/c1-15-8-12(7-14-15)18-9-11-4-2-10(3-5-11)6-13(16)17/h2-5,7-8H,6,9H2,1H3,(H,16,17). The molecule has 0 unspecified atom stereocenters. The van der Waals surface area contributed by atoms with E-state index in [1.54, 1.807) is 29.2 Å². The number of ether oxygens (including phenoxy) is 1. The lowest BCUT2D eigenvalue weighted by Crippen LogP contribution is -2.00. The number of nitrogens with zero attached hydrogens (tertiary/aromatic N) is 2. The fraction of sp³-hybridized carbons (Fsp3) is 0.231. The summed E-state index contributed by atoms with van der Waals surface area (Å²) in [4.78, 5) is 10.5. The molecule has 94 valence electrons. The molecule has 0 fully saturated rings. The first kappa shape index (κ1) is 12.2. The van der Waals surface area contributed by atoms with Gasteiger partial charge in [0.25, 0.3) is 0 Å². The van der Waals surface area contributed by atoms with Gasteiger partial charge in [-0.1, -0.05) is 24.3 Å². The molecule has 0 aliphatic heterocycles. The lowest BCUT2D eigenvalue weighted by molar-refractivity contribution is -0.136. The van der Waals surface area contributed by atoms with E-state index in [1.807, 2.05) is 19.2 Å².